The monoisotopic (exact) mass is 431 g/mol. The van der Waals surface area contributed by atoms with Crippen LogP contribution in [0, 0.1) is 0 Å². The Hall–Kier alpha value is -2.61. The van der Waals surface area contributed by atoms with Gasteiger partial charge >= 0.3 is 0 Å². The second-order valence-electron chi connectivity index (χ2n) is 6.21. The molecule has 0 aliphatic rings. The molecule has 1 heterocycles. The molecular weight excluding hydrogens is 410 g/mol. The normalized spacial score (nSPS) is 10.6. The zero-order valence-corrected chi connectivity index (χ0v) is 17.5. The van der Waals surface area contributed by atoms with Crippen molar-refractivity contribution in [2.45, 2.75) is 13.3 Å². The topological polar surface area (TPSA) is 83.5 Å². The van der Waals surface area contributed by atoms with E-state index in [9.17, 15) is 4.79 Å². The zero-order valence-electron chi connectivity index (χ0n) is 15.9. The molecule has 0 atom stereocenters. The number of nitrogens with zero attached hydrogens (tertiary/aromatic N) is 1. The maximum absolute atomic E-state index is 12.6. The minimum Gasteiger partial charge on any atom is -0.489 e. The number of anilines is 2. The molecule has 3 N–H and O–H groups in total. The molecule has 152 valence electrons. The number of aliphatic hydroxyl groups is 1. The second kappa shape index (κ2) is 10.2. The van der Waals surface area contributed by atoms with Gasteiger partial charge in [-0.1, -0.05) is 23.7 Å². The number of hydrogen-bond donors (Lipinski definition) is 3. The Morgan fingerprint density at radius 1 is 1.28 bits per heavy atom. The Labute approximate surface area is 178 Å². The molecule has 29 heavy (non-hydrogen) atoms. The molecule has 6 nitrogen and oxygen atoms in total. The van der Waals surface area contributed by atoms with Crippen LogP contribution in [0.25, 0.3) is 0 Å². The minimum atomic E-state index is -0.273. The molecule has 0 unspecified atom stereocenters. The summed E-state index contributed by atoms with van der Waals surface area (Å²) in [4.78, 5) is 18.0. The number of benzene rings is 2. The van der Waals surface area contributed by atoms with Crippen molar-refractivity contribution in [1.82, 2.24) is 4.98 Å². The second-order valence-corrected chi connectivity index (χ2v) is 7.76. The molecule has 0 saturated carbocycles. The fourth-order valence-corrected chi connectivity index (χ4v) is 3.79. The zero-order chi connectivity index (χ0) is 20.6. The van der Waals surface area contributed by atoms with Gasteiger partial charge in [-0.2, -0.15) is 0 Å². The molecule has 0 radical (unpaired) electrons. The van der Waals surface area contributed by atoms with Crippen LogP contribution in [0.5, 0.6) is 5.75 Å². The Bertz CT molecular complexity index is 977. The van der Waals surface area contributed by atoms with Crippen molar-refractivity contribution in [3.05, 3.63) is 69.7 Å². The van der Waals surface area contributed by atoms with Gasteiger partial charge in [0, 0.05) is 34.6 Å². The van der Waals surface area contributed by atoms with Crippen LogP contribution in [-0.4, -0.2) is 35.8 Å². The molecule has 0 aliphatic carbocycles. The first kappa shape index (κ1) is 21.1. The molecule has 2 aromatic carbocycles. The van der Waals surface area contributed by atoms with E-state index in [1.807, 2.05) is 31.2 Å². The summed E-state index contributed by atoms with van der Waals surface area (Å²) >= 11 is 7.45. The van der Waals surface area contributed by atoms with Crippen molar-refractivity contribution in [2.24, 2.45) is 0 Å². The van der Waals surface area contributed by atoms with Gasteiger partial charge in [0.15, 0.2) is 5.13 Å². The molecule has 3 rings (SSSR count). The first-order valence-corrected chi connectivity index (χ1v) is 10.4. The van der Waals surface area contributed by atoms with Crippen LogP contribution in [0.1, 0.15) is 27.7 Å². The van der Waals surface area contributed by atoms with Crippen LogP contribution >= 0.6 is 22.9 Å². The van der Waals surface area contributed by atoms with Gasteiger partial charge in [-0.15, -0.1) is 11.3 Å². The highest BCUT2D eigenvalue weighted by Gasteiger charge is 2.13. The number of carbonyl (C=O) groups excluding carboxylic acids is 1. The number of aliphatic hydroxyl groups excluding tert-OH is 1. The van der Waals surface area contributed by atoms with Crippen LogP contribution in [-0.2, 0) is 6.42 Å². The standard InChI is InChI=1S/C21H22ClN3O3S/c1-2-23-18-7-6-15(12-19(18)28-9-8-26)20(27)25-21-24-13-17(29-21)11-14-4-3-5-16(22)10-14/h3-7,10,12-13,23,26H,2,8-9,11H2,1H3,(H,24,25,27). The van der Waals surface area contributed by atoms with Crippen molar-refractivity contribution in [2.75, 3.05) is 30.4 Å². The molecule has 0 fully saturated rings. The number of hydrogen-bond acceptors (Lipinski definition) is 6. The number of nitrogens with one attached hydrogen (secondary N) is 2. The molecule has 8 heteroatoms. The van der Waals surface area contributed by atoms with Gasteiger partial charge in [-0.05, 0) is 42.8 Å². The Balaban J connectivity index is 1.69. The number of ether oxygens (including phenoxy) is 1. The summed E-state index contributed by atoms with van der Waals surface area (Å²) in [6, 6.07) is 12.8. The van der Waals surface area contributed by atoms with Crippen molar-refractivity contribution in [3.8, 4) is 5.75 Å². The van der Waals surface area contributed by atoms with E-state index in [4.69, 9.17) is 21.4 Å². The van der Waals surface area contributed by atoms with E-state index in [1.165, 1.54) is 11.3 Å². The molecule has 1 amide bonds. The van der Waals surface area contributed by atoms with Gasteiger partial charge in [-0.25, -0.2) is 4.98 Å². The molecule has 0 aliphatic heterocycles. The largest absolute Gasteiger partial charge is 0.489 e. The van der Waals surface area contributed by atoms with E-state index in [1.54, 1.807) is 24.4 Å². The maximum atomic E-state index is 12.6. The molecule has 1 aromatic heterocycles. The lowest BCUT2D eigenvalue weighted by Gasteiger charge is -2.13. The summed E-state index contributed by atoms with van der Waals surface area (Å²) in [6.07, 6.45) is 2.45. The third kappa shape index (κ3) is 5.93. The van der Waals surface area contributed by atoms with E-state index in [0.717, 1.165) is 22.7 Å². The third-order valence-corrected chi connectivity index (χ3v) is 5.15. The quantitative estimate of drug-likeness (QED) is 0.466. The first-order chi connectivity index (χ1) is 14.1. The number of rotatable bonds is 9. The highest BCUT2D eigenvalue weighted by atomic mass is 35.5. The lowest BCUT2D eigenvalue weighted by Crippen LogP contribution is -2.13. The van der Waals surface area contributed by atoms with E-state index >= 15 is 0 Å². The Kier molecular flexibility index (Phi) is 7.46. The number of halogens is 1. The van der Waals surface area contributed by atoms with Crippen LogP contribution in [0.4, 0.5) is 10.8 Å². The van der Waals surface area contributed by atoms with Gasteiger partial charge in [0.2, 0.25) is 0 Å². The summed E-state index contributed by atoms with van der Waals surface area (Å²) in [6.45, 7) is 2.74. The third-order valence-electron chi connectivity index (χ3n) is 4.00. The highest BCUT2D eigenvalue weighted by molar-refractivity contribution is 7.15. The number of aromatic nitrogens is 1. The maximum Gasteiger partial charge on any atom is 0.257 e. The van der Waals surface area contributed by atoms with E-state index in [0.29, 0.717) is 27.9 Å². The molecule has 0 saturated heterocycles. The van der Waals surface area contributed by atoms with Gasteiger partial charge in [-0.3, -0.25) is 10.1 Å². The fourth-order valence-electron chi connectivity index (χ4n) is 2.74. The van der Waals surface area contributed by atoms with Gasteiger partial charge in [0.25, 0.3) is 5.91 Å². The van der Waals surface area contributed by atoms with Crippen molar-refractivity contribution in [3.63, 3.8) is 0 Å². The van der Waals surface area contributed by atoms with Gasteiger partial charge < -0.3 is 15.2 Å². The van der Waals surface area contributed by atoms with Crippen LogP contribution in [0.15, 0.2) is 48.7 Å². The Morgan fingerprint density at radius 2 is 2.14 bits per heavy atom. The number of thiazole rings is 1. The summed E-state index contributed by atoms with van der Waals surface area (Å²) in [5.41, 5.74) is 2.31. The van der Waals surface area contributed by atoms with Crippen molar-refractivity contribution < 1.29 is 14.6 Å². The van der Waals surface area contributed by atoms with E-state index in [2.05, 4.69) is 15.6 Å². The van der Waals surface area contributed by atoms with Gasteiger partial charge in [0.1, 0.15) is 12.4 Å². The highest BCUT2D eigenvalue weighted by Crippen LogP contribution is 2.27. The first-order valence-electron chi connectivity index (χ1n) is 9.21. The molecular formula is C21H22ClN3O3S. The fraction of sp³-hybridized carbons (Fsp3) is 0.238. The lowest BCUT2D eigenvalue weighted by molar-refractivity contribution is 0.102. The van der Waals surface area contributed by atoms with Gasteiger partial charge in [0.05, 0.1) is 12.3 Å². The molecule has 3 aromatic rings. The summed E-state index contributed by atoms with van der Waals surface area (Å²) in [7, 11) is 0. The predicted octanol–water partition coefficient (Wildman–Crippen LogP) is 4.44. The summed E-state index contributed by atoms with van der Waals surface area (Å²) in [5.74, 6) is 0.250. The van der Waals surface area contributed by atoms with Crippen LogP contribution < -0.4 is 15.4 Å². The lowest BCUT2D eigenvalue weighted by atomic mass is 10.1. The molecule has 0 bridgehead atoms. The van der Waals surface area contributed by atoms with Crippen LogP contribution in [0.2, 0.25) is 5.02 Å². The summed E-state index contributed by atoms with van der Waals surface area (Å²) < 4.78 is 5.54. The summed E-state index contributed by atoms with van der Waals surface area (Å²) in [5, 5.41) is 16.2. The van der Waals surface area contributed by atoms with E-state index in [-0.39, 0.29) is 19.1 Å². The molecule has 0 spiro atoms. The van der Waals surface area contributed by atoms with Crippen molar-refractivity contribution in [1.29, 1.82) is 0 Å². The predicted molar refractivity (Wildman–Crippen MR) is 118 cm³/mol. The smallest absolute Gasteiger partial charge is 0.257 e. The van der Waals surface area contributed by atoms with Crippen LogP contribution in [0.3, 0.4) is 0 Å². The Morgan fingerprint density at radius 3 is 2.90 bits per heavy atom. The number of carbonyl (C=O) groups is 1. The number of amides is 1. The average molecular weight is 432 g/mol. The minimum absolute atomic E-state index is 0.101. The average Bonchev–Trinajstić information content (AvgIpc) is 3.14. The van der Waals surface area contributed by atoms with E-state index < -0.39 is 0 Å². The van der Waals surface area contributed by atoms with Crippen molar-refractivity contribution >= 4 is 39.7 Å². The SMILES string of the molecule is CCNc1ccc(C(=O)Nc2ncc(Cc3cccc(Cl)c3)s2)cc1OCCO.